The quantitative estimate of drug-likeness (QED) is 0.723. The zero-order valence-corrected chi connectivity index (χ0v) is 8.64. The number of rotatable bonds is 1. The van der Waals surface area contributed by atoms with Crippen molar-refractivity contribution in [3.8, 4) is 0 Å². The van der Waals surface area contributed by atoms with E-state index in [1.165, 1.54) is 10.8 Å². The van der Waals surface area contributed by atoms with Gasteiger partial charge in [0.15, 0.2) is 0 Å². The fraction of sp³-hybridized carbons (Fsp3) is 0.0909. The van der Waals surface area contributed by atoms with E-state index < -0.39 is 0 Å². The van der Waals surface area contributed by atoms with Gasteiger partial charge in [-0.25, -0.2) is 0 Å². The van der Waals surface area contributed by atoms with Gasteiger partial charge >= 0.3 is 0 Å². The van der Waals surface area contributed by atoms with Crippen LogP contribution in [0.2, 0.25) is 0 Å². The molecule has 0 saturated heterocycles. The van der Waals surface area contributed by atoms with Crippen LogP contribution in [0.5, 0.6) is 0 Å². The van der Waals surface area contributed by atoms with Crippen LogP contribution in [-0.2, 0) is 6.54 Å². The number of nitrogens with one attached hydrogen (secondary N) is 1. The van der Waals surface area contributed by atoms with Crippen molar-refractivity contribution in [2.75, 3.05) is 0 Å². The van der Waals surface area contributed by atoms with E-state index >= 15 is 0 Å². The smallest absolute Gasteiger partial charge is 0.0351 e. The summed E-state index contributed by atoms with van der Waals surface area (Å²) in [5.41, 5.74) is 8.34. The van der Waals surface area contributed by atoms with Crippen molar-refractivity contribution in [1.29, 1.82) is 0 Å². The average Bonchev–Trinajstić information content (AvgIpc) is 2.18. The minimum Gasteiger partial charge on any atom is -0.253 e. The van der Waals surface area contributed by atoms with Crippen LogP contribution in [0, 0.1) is 0 Å². The van der Waals surface area contributed by atoms with Gasteiger partial charge in [-0.15, -0.1) is 0 Å². The van der Waals surface area contributed by atoms with Gasteiger partial charge in [-0.2, -0.15) is 0 Å². The van der Waals surface area contributed by atoms with Gasteiger partial charge in [-0.05, 0) is 28.5 Å². The van der Waals surface area contributed by atoms with Crippen LogP contribution in [0.25, 0.3) is 10.8 Å². The lowest BCUT2D eigenvalue weighted by Crippen LogP contribution is -1.85. The van der Waals surface area contributed by atoms with E-state index in [1.54, 1.807) is 0 Å². The van der Waals surface area contributed by atoms with Crippen molar-refractivity contribution < 1.29 is 0 Å². The third-order valence-electron chi connectivity index (χ3n) is 2.08. The summed E-state index contributed by atoms with van der Waals surface area (Å²) in [5, 5.41) is 2.40. The maximum Gasteiger partial charge on any atom is 0.0351 e. The van der Waals surface area contributed by atoms with Gasteiger partial charge in [-0.3, -0.25) is 5.73 Å². The molecule has 1 nitrogen and oxygen atoms in total. The van der Waals surface area contributed by atoms with E-state index in [4.69, 9.17) is 5.73 Å². The zero-order chi connectivity index (χ0) is 9.26. The number of benzene rings is 2. The largest absolute Gasteiger partial charge is 0.253 e. The van der Waals surface area contributed by atoms with E-state index in [2.05, 4.69) is 34.1 Å². The zero-order valence-electron chi connectivity index (χ0n) is 7.05. The molecule has 0 aliphatic rings. The van der Waals surface area contributed by atoms with E-state index in [1.807, 2.05) is 18.2 Å². The van der Waals surface area contributed by atoms with Gasteiger partial charge in [0.05, 0.1) is 0 Å². The monoisotopic (exact) mass is 234 g/mol. The standard InChI is InChI=1S/C11H9BrN/c12-11-6-8(7-13)5-9-3-1-2-4-10(9)11/h1-6,13H,7H2. The molecule has 0 heterocycles. The molecule has 13 heavy (non-hydrogen) atoms. The van der Waals surface area contributed by atoms with Crippen molar-refractivity contribution in [1.82, 2.24) is 5.73 Å². The molecule has 0 amide bonds. The molecule has 0 fully saturated rings. The first-order valence-corrected chi connectivity index (χ1v) is 4.92. The van der Waals surface area contributed by atoms with Crippen molar-refractivity contribution in [2.45, 2.75) is 6.54 Å². The molecular formula is C11H9BrN. The van der Waals surface area contributed by atoms with E-state index in [9.17, 15) is 0 Å². The predicted octanol–water partition coefficient (Wildman–Crippen LogP) is 3.39. The lowest BCUT2D eigenvalue weighted by atomic mass is 10.1. The molecule has 0 aliphatic heterocycles. The summed E-state index contributed by atoms with van der Waals surface area (Å²) in [6.07, 6.45) is 0. The molecule has 2 rings (SSSR count). The summed E-state index contributed by atoms with van der Waals surface area (Å²) < 4.78 is 1.08. The SMILES string of the molecule is [NH]Cc1cc(Br)c2ccccc2c1. The first-order valence-electron chi connectivity index (χ1n) is 4.13. The minimum atomic E-state index is 0.337. The normalized spacial score (nSPS) is 10.6. The molecule has 0 spiro atoms. The van der Waals surface area contributed by atoms with Crippen LogP contribution in [0.1, 0.15) is 5.56 Å². The second-order valence-corrected chi connectivity index (χ2v) is 3.83. The molecule has 0 saturated carbocycles. The van der Waals surface area contributed by atoms with E-state index in [0.717, 1.165) is 10.0 Å². The summed E-state index contributed by atoms with van der Waals surface area (Å²) in [4.78, 5) is 0. The first-order chi connectivity index (χ1) is 6.31. The molecular weight excluding hydrogens is 226 g/mol. The third-order valence-corrected chi connectivity index (χ3v) is 2.73. The summed E-state index contributed by atoms with van der Waals surface area (Å²) in [7, 11) is 0. The van der Waals surface area contributed by atoms with Crippen molar-refractivity contribution in [3.63, 3.8) is 0 Å². The Morgan fingerprint density at radius 3 is 2.69 bits per heavy atom. The Bertz CT molecular complexity index is 437. The Hall–Kier alpha value is -0.860. The Kier molecular flexibility index (Phi) is 2.34. The lowest BCUT2D eigenvalue weighted by Gasteiger charge is -2.03. The maximum absolute atomic E-state index is 7.29. The summed E-state index contributed by atoms with van der Waals surface area (Å²) in [6.45, 7) is 0.337. The first kappa shape index (κ1) is 8.73. The highest BCUT2D eigenvalue weighted by Gasteiger charge is 1.99. The highest BCUT2D eigenvalue weighted by molar-refractivity contribution is 9.10. The summed E-state index contributed by atoms with van der Waals surface area (Å²) >= 11 is 3.51. The van der Waals surface area contributed by atoms with Crippen LogP contribution in [0.3, 0.4) is 0 Å². The Labute approximate surface area is 85.7 Å². The third kappa shape index (κ3) is 1.60. The Balaban J connectivity index is 2.77. The van der Waals surface area contributed by atoms with Gasteiger partial charge < -0.3 is 0 Å². The van der Waals surface area contributed by atoms with Gasteiger partial charge in [0.2, 0.25) is 0 Å². The molecule has 0 aromatic heterocycles. The van der Waals surface area contributed by atoms with E-state index in [0.29, 0.717) is 6.54 Å². The van der Waals surface area contributed by atoms with Crippen LogP contribution < -0.4 is 5.73 Å². The minimum absolute atomic E-state index is 0.337. The van der Waals surface area contributed by atoms with Crippen molar-refractivity contribution in [2.24, 2.45) is 0 Å². The van der Waals surface area contributed by atoms with Crippen LogP contribution >= 0.6 is 15.9 Å². The highest BCUT2D eigenvalue weighted by Crippen LogP contribution is 2.25. The maximum atomic E-state index is 7.29. The van der Waals surface area contributed by atoms with Gasteiger partial charge in [0, 0.05) is 11.0 Å². The lowest BCUT2D eigenvalue weighted by molar-refractivity contribution is 1.03. The molecule has 1 radical (unpaired) electrons. The number of halogens is 1. The summed E-state index contributed by atoms with van der Waals surface area (Å²) in [5.74, 6) is 0. The molecule has 2 heteroatoms. The number of hydrogen-bond donors (Lipinski definition) is 0. The van der Waals surface area contributed by atoms with Gasteiger partial charge in [0.1, 0.15) is 0 Å². The predicted molar refractivity (Wildman–Crippen MR) is 58.4 cm³/mol. The van der Waals surface area contributed by atoms with E-state index in [-0.39, 0.29) is 0 Å². The molecule has 65 valence electrons. The average molecular weight is 235 g/mol. The molecule has 0 atom stereocenters. The number of fused-ring (bicyclic) bond motifs is 1. The summed E-state index contributed by atoms with van der Waals surface area (Å²) in [6, 6.07) is 12.3. The topological polar surface area (TPSA) is 23.8 Å². The fourth-order valence-electron chi connectivity index (χ4n) is 1.42. The second kappa shape index (κ2) is 3.48. The molecule has 2 aromatic carbocycles. The number of hydrogen-bond acceptors (Lipinski definition) is 0. The van der Waals surface area contributed by atoms with Crippen molar-refractivity contribution >= 4 is 26.7 Å². The highest BCUT2D eigenvalue weighted by atomic mass is 79.9. The Morgan fingerprint density at radius 1 is 1.15 bits per heavy atom. The van der Waals surface area contributed by atoms with Crippen LogP contribution in [-0.4, -0.2) is 0 Å². The molecule has 1 N–H and O–H groups in total. The van der Waals surface area contributed by atoms with Gasteiger partial charge in [0.25, 0.3) is 0 Å². The van der Waals surface area contributed by atoms with Crippen molar-refractivity contribution in [3.05, 3.63) is 46.4 Å². The molecule has 0 unspecified atom stereocenters. The molecule has 0 bridgehead atoms. The molecule has 2 aromatic rings. The van der Waals surface area contributed by atoms with Crippen LogP contribution in [0.15, 0.2) is 40.9 Å². The van der Waals surface area contributed by atoms with Crippen LogP contribution in [0.4, 0.5) is 0 Å². The Morgan fingerprint density at radius 2 is 1.92 bits per heavy atom. The fourth-order valence-corrected chi connectivity index (χ4v) is 2.08. The van der Waals surface area contributed by atoms with Gasteiger partial charge in [-0.1, -0.05) is 40.2 Å². The molecule has 0 aliphatic carbocycles. The second-order valence-electron chi connectivity index (χ2n) is 2.98.